The first-order chi connectivity index (χ1) is 8.37. The maximum absolute atomic E-state index is 9.71. The van der Waals surface area contributed by atoms with Gasteiger partial charge in [0.2, 0.25) is 0 Å². The molecule has 2 nitrogen and oxygen atoms in total. The van der Waals surface area contributed by atoms with E-state index in [4.69, 9.17) is 16.4 Å². The zero-order valence-corrected chi connectivity index (χ0v) is 3.89. The van der Waals surface area contributed by atoms with Gasteiger partial charge in [0, 0.05) is 28.1 Å². The van der Waals surface area contributed by atoms with Gasteiger partial charge in [-0.25, -0.2) is 0 Å². The van der Waals surface area contributed by atoms with Crippen molar-refractivity contribution in [3.8, 4) is 0 Å². The van der Waals surface area contributed by atoms with E-state index in [0.29, 0.717) is 0 Å². The van der Waals surface area contributed by atoms with E-state index in [1.807, 2.05) is 0 Å². The molecular formula is C6H13NO. The molecule has 0 aromatic carbocycles. The van der Waals surface area contributed by atoms with Crippen LogP contribution in [0.1, 0.15) is 29.2 Å². The number of piperidine rings is 1. The average Bonchev–Trinajstić information content (AvgIpc) is 2.11. The van der Waals surface area contributed by atoms with E-state index in [1.165, 1.54) is 0 Å². The predicted molar refractivity (Wildman–Crippen MR) is 32.7 cm³/mol. The van der Waals surface area contributed by atoms with Crippen molar-refractivity contribution in [1.29, 1.82) is 0 Å². The van der Waals surface area contributed by atoms with Crippen molar-refractivity contribution in [2.45, 2.75) is 18.8 Å². The number of rotatable bonds is 0. The molecule has 0 aromatic heterocycles. The normalized spacial score (nSPS) is 79.1. The van der Waals surface area contributed by atoms with Crippen molar-refractivity contribution in [3.63, 3.8) is 0 Å². The maximum atomic E-state index is 9.71. The summed E-state index contributed by atoms with van der Waals surface area (Å²) in [6, 6.07) is 0. The molecule has 0 radical (unpaired) electrons. The molecule has 0 aliphatic carbocycles. The highest BCUT2D eigenvalue weighted by Crippen LogP contribution is 2.06. The van der Waals surface area contributed by atoms with Crippen LogP contribution in [0.3, 0.4) is 0 Å². The Labute approximate surface area is 67.0 Å². The summed E-state index contributed by atoms with van der Waals surface area (Å²) in [6.45, 7) is -10.8. The Kier molecular flexibility index (Phi) is 0.294. The van der Waals surface area contributed by atoms with Crippen LogP contribution in [0.25, 0.3) is 0 Å². The van der Waals surface area contributed by atoms with Crippen LogP contribution in [0.15, 0.2) is 0 Å². The van der Waals surface area contributed by atoms with Crippen molar-refractivity contribution in [1.82, 2.24) is 4.90 Å². The molecule has 0 unspecified atom stereocenters. The van der Waals surface area contributed by atoms with E-state index in [0.717, 1.165) is 0 Å². The van der Waals surface area contributed by atoms with Crippen LogP contribution in [-0.4, -0.2) is 36.1 Å². The minimum atomic E-state index is -3.84. The zero-order chi connectivity index (χ0) is 16.6. The first-order valence-corrected chi connectivity index (χ1v) is 1.89. The van der Waals surface area contributed by atoms with Crippen LogP contribution in [-0.2, 0) is 0 Å². The van der Waals surface area contributed by atoms with Gasteiger partial charge >= 0.3 is 0 Å². The highest BCUT2D eigenvalue weighted by molar-refractivity contribution is 4.67. The first kappa shape index (κ1) is 0.956. The first-order valence-electron chi connectivity index (χ1n) is 7.89. The predicted octanol–water partition coefficient (Wildman–Crippen LogP) is 0.0729. The largest absolute Gasteiger partial charge is 0.393 e. The molecular weight excluding hydrogens is 103 g/mol. The quantitative estimate of drug-likeness (QED) is 0.467. The number of hydrogen-bond donors (Lipinski definition) is 1. The van der Waals surface area contributed by atoms with Crippen LogP contribution in [0.4, 0.5) is 0 Å². The van der Waals surface area contributed by atoms with Gasteiger partial charge in [-0.15, -0.1) is 0 Å². The van der Waals surface area contributed by atoms with Gasteiger partial charge in [0.05, 0.1) is 7.45 Å². The third kappa shape index (κ3) is 1.46. The van der Waals surface area contributed by atoms with Gasteiger partial charge in [-0.1, -0.05) is 0 Å². The molecule has 1 rings (SSSR count). The van der Waals surface area contributed by atoms with Gasteiger partial charge in [-0.2, -0.15) is 0 Å². The Hall–Kier alpha value is -0.0800. The molecule has 1 fully saturated rings. The van der Waals surface area contributed by atoms with Gasteiger partial charge in [-0.05, 0) is 19.7 Å². The number of aliphatic hydroxyl groups is 1. The summed E-state index contributed by atoms with van der Waals surface area (Å²) in [6.07, 6.45) is -11.2. The van der Waals surface area contributed by atoms with E-state index in [2.05, 4.69) is 0 Å². The monoisotopic (exact) mass is 128 g/mol. The summed E-state index contributed by atoms with van der Waals surface area (Å²) in [5.41, 5.74) is 0. The molecule has 1 saturated heterocycles. The molecule has 1 N–H and O–H groups in total. The molecule has 0 bridgehead atoms. The second-order valence-electron chi connectivity index (χ2n) is 1.16. The molecule has 2 heteroatoms. The summed E-state index contributed by atoms with van der Waals surface area (Å²) < 4.78 is 88.4. The highest BCUT2D eigenvalue weighted by Gasteiger charge is 2.12. The number of likely N-dealkylation sites (tertiary alicyclic amines) is 1. The fourth-order valence-corrected chi connectivity index (χ4v) is 0.277. The smallest absolute Gasteiger partial charge is 0.0601 e. The third-order valence-corrected chi connectivity index (χ3v) is 0.572. The van der Waals surface area contributed by atoms with Gasteiger partial charge in [0.1, 0.15) is 0 Å². The molecule has 0 atom stereocenters. The molecule has 0 amide bonds. The van der Waals surface area contributed by atoms with Gasteiger partial charge < -0.3 is 10.0 Å². The lowest BCUT2D eigenvalue weighted by Gasteiger charge is -2.25. The minimum Gasteiger partial charge on any atom is -0.393 e. The van der Waals surface area contributed by atoms with E-state index in [9.17, 15) is 5.11 Å². The Morgan fingerprint density at radius 2 is 2.50 bits per heavy atom. The molecule has 1 heterocycles. The summed E-state index contributed by atoms with van der Waals surface area (Å²) in [5, 5.41) is 9.71. The standard InChI is InChI=1S/C6H13NO/c1-7-4-2-6(8)3-5-7/h6,8H,2-5H2,1H3/i1+1D3,2D2,3D2,4D2,5D2,6D. The molecule has 8 heavy (non-hydrogen) atoms. The number of hydrogen-bond acceptors (Lipinski definition) is 2. The van der Waals surface area contributed by atoms with Gasteiger partial charge in [0.15, 0.2) is 0 Å². The summed E-state index contributed by atoms with van der Waals surface area (Å²) in [7, 11) is 0. The maximum Gasteiger partial charge on any atom is 0.0601 e. The van der Waals surface area contributed by atoms with E-state index in [-0.39, 0.29) is 0 Å². The zero-order valence-electron chi connectivity index (χ0n) is 15.9. The lowest BCUT2D eigenvalue weighted by Crippen LogP contribution is -2.32. The van der Waals surface area contributed by atoms with Gasteiger partial charge in [-0.3, -0.25) is 0 Å². The van der Waals surface area contributed by atoms with Gasteiger partial charge in [0.25, 0.3) is 0 Å². The SMILES string of the molecule is [2H]C1([2H])N([13C]([2H])([2H])[2H])C([2H])([2H])C([2H])([2H])C([2H])(O)C1([2H])[2H]. The van der Waals surface area contributed by atoms with Crippen LogP contribution < -0.4 is 0 Å². The average molecular weight is 128 g/mol. The topological polar surface area (TPSA) is 23.5 Å². The van der Waals surface area contributed by atoms with E-state index in [1.54, 1.807) is 0 Å². The second-order valence-corrected chi connectivity index (χ2v) is 1.16. The number of nitrogens with zero attached hydrogens (tertiary/aromatic N) is 1. The van der Waals surface area contributed by atoms with Crippen LogP contribution in [0, 0.1) is 0 Å². The molecule has 0 saturated carbocycles. The molecule has 1 aliphatic heterocycles. The third-order valence-electron chi connectivity index (χ3n) is 0.572. The van der Waals surface area contributed by atoms with E-state index < -0.39 is 43.7 Å². The van der Waals surface area contributed by atoms with E-state index >= 15 is 0 Å². The summed E-state index contributed by atoms with van der Waals surface area (Å²) in [5.74, 6) is 0. The molecule has 0 aromatic rings. The molecule has 48 valence electrons. The van der Waals surface area contributed by atoms with Crippen molar-refractivity contribution in [3.05, 3.63) is 0 Å². The summed E-state index contributed by atoms with van der Waals surface area (Å²) in [4.78, 5) is -0.587. The molecule has 0 spiro atoms. The van der Waals surface area contributed by atoms with Crippen LogP contribution in [0.5, 0.6) is 0 Å². The lowest BCUT2D eigenvalue weighted by atomic mass is 10.1. The Morgan fingerprint density at radius 1 is 1.88 bits per heavy atom. The Balaban J connectivity index is 3.74. The lowest BCUT2D eigenvalue weighted by molar-refractivity contribution is 0.0943. The van der Waals surface area contributed by atoms with Crippen LogP contribution >= 0.6 is 0 Å². The highest BCUT2D eigenvalue weighted by atomic mass is 16.3. The Morgan fingerprint density at radius 3 is 3.00 bits per heavy atom. The summed E-state index contributed by atoms with van der Waals surface area (Å²) >= 11 is 0. The fourth-order valence-electron chi connectivity index (χ4n) is 0.277. The van der Waals surface area contributed by atoms with Crippen molar-refractivity contribution in [2.75, 3.05) is 20.0 Å². The van der Waals surface area contributed by atoms with Crippen molar-refractivity contribution >= 4 is 0 Å². The van der Waals surface area contributed by atoms with Crippen LogP contribution in [0.2, 0.25) is 0 Å². The Bertz CT molecular complexity index is 381. The minimum absolute atomic E-state index is 0.587. The molecule has 1 aliphatic rings. The second kappa shape index (κ2) is 2.46. The fraction of sp³-hybridized carbons (Fsp3) is 1.00. The van der Waals surface area contributed by atoms with Crippen molar-refractivity contribution in [2.24, 2.45) is 0 Å². The van der Waals surface area contributed by atoms with Crippen molar-refractivity contribution < 1.29 is 21.6 Å².